The third kappa shape index (κ3) is 4.76. The van der Waals surface area contributed by atoms with Crippen molar-refractivity contribution in [3.05, 3.63) is 95.0 Å². The van der Waals surface area contributed by atoms with E-state index >= 15 is 0 Å². The Balaban J connectivity index is 1.39. The van der Waals surface area contributed by atoms with E-state index < -0.39 is 0 Å². The van der Waals surface area contributed by atoms with Gasteiger partial charge in [0.25, 0.3) is 0 Å². The summed E-state index contributed by atoms with van der Waals surface area (Å²) in [5, 5.41) is 13.9. The number of amides is 1. The van der Waals surface area contributed by atoms with Crippen LogP contribution in [-0.4, -0.2) is 31.4 Å². The fourth-order valence-corrected chi connectivity index (χ4v) is 4.77. The first-order valence-electron chi connectivity index (χ1n) is 10.9. The molecule has 3 aromatic carbocycles. The first-order chi connectivity index (χ1) is 16.6. The summed E-state index contributed by atoms with van der Waals surface area (Å²) >= 11 is 7.48. The maximum absolute atomic E-state index is 12.5. The van der Waals surface area contributed by atoms with Gasteiger partial charge in [-0.3, -0.25) is 4.79 Å². The monoisotopic (exact) mass is 487 g/mol. The quantitative estimate of drug-likeness (QED) is 0.300. The molecule has 2 heterocycles. The second kappa shape index (κ2) is 9.83. The Hall–Kier alpha value is -3.42. The van der Waals surface area contributed by atoms with Gasteiger partial charge in [0.15, 0.2) is 5.65 Å². The minimum Gasteiger partial charge on any atom is -0.349 e. The van der Waals surface area contributed by atoms with Crippen molar-refractivity contribution in [1.29, 1.82) is 0 Å². The van der Waals surface area contributed by atoms with Crippen LogP contribution >= 0.6 is 23.4 Å². The van der Waals surface area contributed by atoms with Gasteiger partial charge in [0.2, 0.25) is 11.1 Å². The second-order valence-electron chi connectivity index (χ2n) is 7.99. The molecule has 5 rings (SSSR count). The molecule has 0 aliphatic rings. The Morgan fingerprint density at radius 1 is 1.03 bits per heavy atom. The van der Waals surface area contributed by atoms with Crippen LogP contribution in [0.4, 0.5) is 0 Å². The number of para-hydroxylation sites is 1. The van der Waals surface area contributed by atoms with Crippen LogP contribution in [0.5, 0.6) is 0 Å². The van der Waals surface area contributed by atoms with E-state index in [-0.39, 0.29) is 17.7 Å². The van der Waals surface area contributed by atoms with E-state index in [9.17, 15) is 4.79 Å². The molecule has 0 aliphatic carbocycles. The Kier molecular flexibility index (Phi) is 6.47. The fraction of sp³-hybridized carbons (Fsp3) is 0.154. The maximum atomic E-state index is 12.5. The lowest BCUT2D eigenvalue weighted by Gasteiger charge is -2.13. The molecule has 8 heteroatoms. The standard InChI is InChI=1S/C26H22ClN5OS/c1-17(19-9-3-2-4-10-19)28-23(33)16-34-26-29-25-24(30-31-26)21-12-5-6-13-22(21)32(25)15-18-8-7-11-20(27)14-18/h2-14,17H,15-16H2,1H3,(H,28,33). The summed E-state index contributed by atoms with van der Waals surface area (Å²) in [4.78, 5) is 17.3. The smallest absolute Gasteiger partial charge is 0.230 e. The van der Waals surface area contributed by atoms with Crippen molar-refractivity contribution in [3.8, 4) is 0 Å². The average Bonchev–Trinajstić information content (AvgIpc) is 3.16. The summed E-state index contributed by atoms with van der Waals surface area (Å²) in [6, 6.07) is 25.6. The predicted octanol–water partition coefficient (Wildman–Crippen LogP) is 5.65. The highest BCUT2D eigenvalue weighted by molar-refractivity contribution is 7.99. The minimum atomic E-state index is -0.0791. The van der Waals surface area contributed by atoms with E-state index in [4.69, 9.17) is 16.6 Å². The van der Waals surface area contributed by atoms with Gasteiger partial charge in [-0.2, -0.15) is 0 Å². The summed E-state index contributed by atoms with van der Waals surface area (Å²) in [5.74, 6) is 0.128. The van der Waals surface area contributed by atoms with Crippen molar-refractivity contribution in [3.63, 3.8) is 0 Å². The lowest BCUT2D eigenvalue weighted by molar-refractivity contribution is -0.119. The minimum absolute atomic E-state index is 0.0731. The zero-order valence-electron chi connectivity index (χ0n) is 18.5. The summed E-state index contributed by atoms with van der Waals surface area (Å²) < 4.78 is 2.12. The van der Waals surface area contributed by atoms with Crippen molar-refractivity contribution in [1.82, 2.24) is 25.1 Å². The number of carbonyl (C=O) groups is 1. The van der Waals surface area contributed by atoms with Crippen LogP contribution in [0.15, 0.2) is 84.0 Å². The number of hydrogen-bond donors (Lipinski definition) is 1. The first kappa shape index (κ1) is 22.4. The van der Waals surface area contributed by atoms with Gasteiger partial charge in [-0.1, -0.05) is 84.0 Å². The largest absolute Gasteiger partial charge is 0.349 e. The molecule has 170 valence electrons. The number of carbonyl (C=O) groups excluding carboxylic acids is 1. The molecule has 0 spiro atoms. The van der Waals surface area contributed by atoms with Gasteiger partial charge in [-0.05, 0) is 36.2 Å². The topological polar surface area (TPSA) is 72.7 Å². The predicted molar refractivity (Wildman–Crippen MR) is 137 cm³/mol. The number of hydrogen-bond acceptors (Lipinski definition) is 5. The van der Waals surface area contributed by atoms with Crippen molar-refractivity contribution >= 4 is 51.3 Å². The SMILES string of the molecule is CC(NC(=O)CSc1nnc2c3ccccc3n(Cc3cccc(Cl)c3)c2n1)c1ccccc1. The number of thioether (sulfide) groups is 1. The number of nitrogens with one attached hydrogen (secondary N) is 1. The number of fused-ring (bicyclic) bond motifs is 3. The molecule has 0 radical (unpaired) electrons. The Morgan fingerprint density at radius 2 is 1.82 bits per heavy atom. The second-order valence-corrected chi connectivity index (χ2v) is 9.37. The molecule has 0 fully saturated rings. The summed E-state index contributed by atoms with van der Waals surface area (Å²) in [6.07, 6.45) is 0. The molecule has 1 amide bonds. The highest BCUT2D eigenvalue weighted by Gasteiger charge is 2.16. The summed E-state index contributed by atoms with van der Waals surface area (Å²) in [5.41, 5.74) is 4.62. The van der Waals surface area contributed by atoms with E-state index in [0.29, 0.717) is 16.7 Å². The molecule has 0 saturated heterocycles. The van der Waals surface area contributed by atoms with E-state index in [1.807, 2.05) is 79.7 Å². The third-order valence-electron chi connectivity index (χ3n) is 5.59. The molecule has 34 heavy (non-hydrogen) atoms. The molecule has 2 aromatic heterocycles. The third-order valence-corrected chi connectivity index (χ3v) is 6.67. The first-order valence-corrected chi connectivity index (χ1v) is 12.3. The number of nitrogens with zero attached hydrogens (tertiary/aromatic N) is 4. The van der Waals surface area contributed by atoms with Crippen LogP contribution in [0.1, 0.15) is 24.1 Å². The lowest BCUT2D eigenvalue weighted by Crippen LogP contribution is -2.28. The van der Waals surface area contributed by atoms with Crippen LogP contribution < -0.4 is 5.32 Å². The Bertz CT molecular complexity index is 1470. The summed E-state index contributed by atoms with van der Waals surface area (Å²) in [6.45, 7) is 2.57. The van der Waals surface area contributed by atoms with E-state index in [1.54, 1.807) is 0 Å². The molecule has 1 N–H and O–H groups in total. The number of halogens is 1. The Labute approximate surface area is 206 Å². The highest BCUT2D eigenvalue weighted by Crippen LogP contribution is 2.28. The maximum Gasteiger partial charge on any atom is 0.230 e. The van der Waals surface area contributed by atoms with Gasteiger partial charge in [-0.25, -0.2) is 4.98 Å². The molecule has 6 nitrogen and oxygen atoms in total. The van der Waals surface area contributed by atoms with E-state index in [1.165, 1.54) is 11.8 Å². The number of rotatable bonds is 7. The van der Waals surface area contributed by atoms with Crippen molar-refractivity contribution in [2.45, 2.75) is 24.7 Å². The molecular formula is C26H22ClN5OS. The van der Waals surface area contributed by atoms with Crippen LogP contribution in [0.2, 0.25) is 5.02 Å². The number of benzene rings is 3. The molecule has 0 aliphatic heterocycles. The Morgan fingerprint density at radius 3 is 2.65 bits per heavy atom. The molecule has 0 bridgehead atoms. The van der Waals surface area contributed by atoms with Gasteiger partial charge in [0.05, 0.1) is 17.3 Å². The lowest BCUT2D eigenvalue weighted by atomic mass is 10.1. The molecule has 1 unspecified atom stereocenters. The van der Waals surface area contributed by atoms with Crippen LogP contribution in [0, 0.1) is 0 Å². The summed E-state index contributed by atoms with van der Waals surface area (Å²) in [7, 11) is 0. The van der Waals surface area contributed by atoms with Gasteiger partial charge in [-0.15, -0.1) is 10.2 Å². The van der Waals surface area contributed by atoms with Crippen LogP contribution in [-0.2, 0) is 11.3 Å². The fourth-order valence-electron chi connectivity index (χ4n) is 3.97. The highest BCUT2D eigenvalue weighted by atomic mass is 35.5. The normalized spacial score (nSPS) is 12.2. The van der Waals surface area contributed by atoms with Gasteiger partial charge in [0, 0.05) is 17.0 Å². The molecule has 1 atom stereocenters. The van der Waals surface area contributed by atoms with Crippen molar-refractivity contribution in [2.75, 3.05) is 5.75 Å². The van der Waals surface area contributed by atoms with Crippen molar-refractivity contribution < 1.29 is 4.79 Å². The average molecular weight is 488 g/mol. The van der Waals surface area contributed by atoms with Crippen LogP contribution in [0.3, 0.4) is 0 Å². The van der Waals surface area contributed by atoms with Crippen molar-refractivity contribution in [2.24, 2.45) is 0 Å². The van der Waals surface area contributed by atoms with Gasteiger partial charge in [0.1, 0.15) is 5.52 Å². The molecule has 0 saturated carbocycles. The molecule has 5 aromatic rings. The van der Waals surface area contributed by atoms with Gasteiger partial charge >= 0.3 is 0 Å². The number of aromatic nitrogens is 4. The van der Waals surface area contributed by atoms with E-state index in [2.05, 4.69) is 26.1 Å². The zero-order chi connectivity index (χ0) is 23.5. The van der Waals surface area contributed by atoms with Gasteiger partial charge < -0.3 is 9.88 Å². The van der Waals surface area contributed by atoms with Crippen LogP contribution in [0.25, 0.3) is 22.1 Å². The zero-order valence-corrected chi connectivity index (χ0v) is 20.1. The van der Waals surface area contributed by atoms with E-state index in [0.717, 1.165) is 33.2 Å². The molecular weight excluding hydrogens is 466 g/mol.